The third-order valence-corrected chi connectivity index (χ3v) is 4.68. The molecule has 0 aliphatic carbocycles. The SMILES string of the molecule is CC(C)c1ccccc1NC(=O)COc1cc(C(=O)OCc2ccccc2)ccc1N. The molecule has 0 unspecified atom stereocenters. The Bertz CT molecular complexity index is 1050. The summed E-state index contributed by atoms with van der Waals surface area (Å²) in [6.07, 6.45) is 0. The standard InChI is InChI=1S/C25H26N2O4/c1-17(2)20-10-6-7-11-22(20)27-24(28)16-30-23-14-19(12-13-21(23)26)25(29)31-15-18-8-4-3-5-9-18/h3-14,17H,15-16,26H2,1-2H3,(H,27,28). The van der Waals surface area contributed by atoms with Gasteiger partial charge in [-0.25, -0.2) is 4.79 Å². The molecule has 3 rings (SSSR count). The third kappa shape index (κ3) is 6.09. The van der Waals surface area contributed by atoms with Crippen LogP contribution in [0.25, 0.3) is 0 Å². The lowest BCUT2D eigenvalue weighted by atomic mass is 10.0. The van der Waals surface area contributed by atoms with Gasteiger partial charge in [-0.1, -0.05) is 62.4 Å². The van der Waals surface area contributed by atoms with Gasteiger partial charge < -0.3 is 20.5 Å². The van der Waals surface area contributed by atoms with Crippen molar-refractivity contribution in [1.82, 2.24) is 0 Å². The summed E-state index contributed by atoms with van der Waals surface area (Å²) in [5.41, 5.74) is 9.25. The lowest BCUT2D eigenvalue weighted by molar-refractivity contribution is -0.118. The van der Waals surface area contributed by atoms with Crippen molar-refractivity contribution in [3.8, 4) is 5.75 Å². The summed E-state index contributed by atoms with van der Waals surface area (Å²) in [5, 5.41) is 2.86. The minimum Gasteiger partial charge on any atom is -0.482 e. The molecule has 3 aromatic rings. The fraction of sp³-hybridized carbons (Fsp3) is 0.200. The number of nitrogens with two attached hydrogens (primary N) is 1. The minimum atomic E-state index is -0.496. The van der Waals surface area contributed by atoms with Crippen LogP contribution in [0, 0.1) is 0 Å². The third-order valence-electron chi connectivity index (χ3n) is 4.68. The first-order valence-corrected chi connectivity index (χ1v) is 10.1. The average Bonchev–Trinajstić information content (AvgIpc) is 2.78. The van der Waals surface area contributed by atoms with Crippen LogP contribution in [0.4, 0.5) is 11.4 Å². The second-order valence-corrected chi connectivity index (χ2v) is 7.39. The van der Waals surface area contributed by atoms with Crippen LogP contribution in [0.15, 0.2) is 72.8 Å². The predicted molar refractivity (Wildman–Crippen MR) is 121 cm³/mol. The van der Waals surface area contributed by atoms with E-state index in [9.17, 15) is 9.59 Å². The van der Waals surface area contributed by atoms with E-state index < -0.39 is 5.97 Å². The summed E-state index contributed by atoms with van der Waals surface area (Å²) in [4.78, 5) is 24.7. The molecule has 3 N–H and O–H groups in total. The van der Waals surface area contributed by atoms with Gasteiger partial charge in [0.1, 0.15) is 12.4 Å². The van der Waals surface area contributed by atoms with Gasteiger partial charge in [0.2, 0.25) is 0 Å². The van der Waals surface area contributed by atoms with E-state index in [0.717, 1.165) is 16.8 Å². The van der Waals surface area contributed by atoms with Crippen molar-refractivity contribution in [3.05, 3.63) is 89.5 Å². The Hall–Kier alpha value is -3.80. The first-order chi connectivity index (χ1) is 14.9. The maximum Gasteiger partial charge on any atom is 0.338 e. The molecule has 0 spiro atoms. The fourth-order valence-corrected chi connectivity index (χ4v) is 3.04. The van der Waals surface area contributed by atoms with Gasteiger partial charge in [0.05, 0.1) is 11.3 Å². The van der Waals surface area contributed by atoms with E-state index in [1.54, 1.807) is 12.1 Å². The summed E-state index contributed by atoms with van der Waals surface area (Å²) >= 11 is 0. The highest BCUT2D eigenvalue weighted by Gasteiger charge is 2.14. The molecule has 0 aliphatic rings. The molecule has 3 aromatic carbocycles. The van der Waals surface area contributed by atoms with Crippen LogP contribution in [0.3, 0.4) is 0 Å². The van der Waals surface area contributed by atoms with Crippen LogP contribution in [0.5, 0.6) is 5.75 Å². The molecule has 0 atom stereocenters. The van der Waals surface area contributed by atoms with Crippen LogP contribution in [-0.4, -0.2) is 18.5 Å². The van der Waals surface area contributed by atoms with Crippen LogP contribution < -0.4 is 15.8 Å². The maximum atomic E-state index is 12.4. The Morgan fingerprint density at radius 3 is 2.42 bits per heavy atom. The van der Waals surface area contributed by atoms with Gasteiger partial charge in [-0.2, -0.15) is 0 Å². The number of nitrogens with one attached hydrogen (secondary N) is 1. The van der Waals surface area contributed by atoms with Crippen molar-refractivity contribution in [1.29, 1.82) is 0 Å². The van der Waals surface area contributed by atoms with E-state index in [-0.39, 0.29) is 30.8 Å². The maximum absolute atomic E-state index is 12.4. The van der Waals surface area contributed by atoms with Crippen molar-refractivity contribution in [3.63, 3.8) is 0 Å². The highest BCUT2D eigenvalue weighted by Crippen LogP contribution is 2.25. The highest BCUT2D eigenvalue weighted by molar-refractivity contribution is 5.93. The number of hydrogen-bond donors (Lipinski definition) is 2. The Balaban J connectivity index is 1.60. The summed E-state index contributed by atoms with van der Waals surface area (Å²) in [5.74, 6) is -0.290. The quantitative estimate of drug-likeness (QED) is 0.406. The summed E-state index contributed by atoms with van der Waals surface area (Å²) in [6, 6.07) is 21.6. The second-order valence-electron chi connectivity index (χ2n) is 7.39. The molecule has 6 nitrogen and oxygen atoms in total. The number of nitrogen functional groups attached to an aromatic ring is 1. The van der Waals surface area contributed by atoms with Crippen LogP contribution in [-0.2, 0) is 16.1 Å². The number of amides is 1. The molecule has 0 saturated heterocycles. The van der Waals surface area contributed by atoms with Crippen LogP contribution >= 0.6 is 0 Å². The molecule has 31 heavy (non-hydrogen) atoms. The first kappa shape index (κ1) is 21.9. The average molecular weight is 418 g/mol. The Kier molecular flexibility index (Phi) is 7.27. The van der Waals surface area contributed by atoms with Crippen LogP contribution in [0.1, 0.15) is 41.3 Å². The molecule has 1 amide bonds. The molecule has 0 aromatic heterocycles. The molecule has 0 aliphatic heterocycles. The molecule has 160 valence electrons. The number of rotatable bonds is 8. The number of esters is 1. The van der Waals surface area contributed by atoms with Gasteiger partial charge in [-0.05, 0) is 41.3 Å². The number of carbonyl (C=O) groups is 2. The zero-order chi connectivity index (χ0) is 22.2. The van der Waals surface area contributed by atoms with E-state index in [1.165, 1.54) is 6.07 Å². The topological polar surface area (TPSA) is 90.6 Å². The zero-order valence-electron chi connectivity index (χ0n) is 17.6. The largest absolute Gasteiger partial charge is 0.482 e. The van der Waals surface area contributed by atoms with E-state index in [4.69, 9.17) is 15.2 Å². The van der Waals surface area contributed by atoms with Gasteiger partial charge in [0.25, 0.3) is 5.91 Å². The predicted octanol–water partition coefficient (Wildman–Crippen LogP) is 4.77. The van der Waals surface area contributed by atoms with Gasteiger partial charge >= 0.3 is 5.97 Å². The van der Waals surface area contributed by atoms with Crippen molar-refractivity contribution in [2.75, 3.05) is 17.7 Å². The molecule has 0 fully saturated rings. The molecule has 0 bridgehead atoms. The Morgan fingerprint density at radius 2 is 1.68 bits per heavy atom. The van der Waals surface area contributed by atoms with Crippen LogP contribution in [0.2, 0.25) is 0 Å². The molecule has 0 heterocycles. The van der Waals surface area contributed by atoms with E-state index in [2.05, 4.69) is 19.2 Å². The molecule has 6 heteroatoms. The molecular formula is C25H26N2O4. The second kappa shape index (κ2) is 10.3. The number of benzene rings is 3. The smallest absolute Gasteiger partial charge is 0.338 e. The Morgan fingerprint density at radius 1 is 0.968 bits per heavy atom. The van der Waals surface area contributed by atoms with Crippen molar-refractivity contribution in [2.24, 2.45) is 0 Å². The Labute approximate surface area is 182 Å². The number of carbonyl (C=O) groups excluding carboxylic acids is 2. The summed E-state index contributed by atoms with van der Waals surface area (Å²) < 4.78 is 10.9. The molecule has 0 saturated carbocycles. The fourth-order valence-electron chi connectivity index (χ4n) is 3.04. The lowest BCUT2D eigenvalue weighted by Gasteiger charge is -2.14. The molecular weight excluding hydrogens is 392 g/mol. The monoisotopic (exact) mass is 418 g/mol. The highest BCUT2D eigenvalue weighted by atomic mass is 16.5. The van der Waals surface area contributed by atoms with Gasteiger partial charge in [-0.15, -0.1) is 0 Å². The summed E-state index contributed by atoms with van der Waals surface area (Å²) in [7, 11) is 0. The number of anilines is 2. The summed E-state index contributed by atoms with van der Waals surface area (Å²) in [6.45, 7) is 4.05. The minimum absolute atomic E-state index is 0.165. The van der Waals surface area contributed by atoms with Crippen molar-refractivity contribution >= 4 is 23.3 Å². The van der Waals surface area contributed by atoms with E-state index in [0.29, 0.717) is 11.3 Å². The van der Waals surface area contributed by atoms with E-state index in [1.807, 2.05) is 54.6 Å². The lowest BCUT2D eigenvalue weighted by Crippen LogP contribution is -2.21. The number of ether oxygens (including phenoxy) is 2. The molecule has 0 radical (unpaired) electrons. The zero-order valence-corrected chi connectivity index (χ0v) is 17.6. The van der Waals surface area contributed by atoms with Crippen molar-refractivity contribution < 1.29 is 19.1 Å². The van der Waals surface area contributed by atoms with E-state index >= 15 is 0 Å². The van der Waals surface area contributed by atoms with Crippen molar-refractivity contribution in [2.45, 2.75) is 26.4 Å². The first-order valence-electron chi connectivity index (χ1n) is 10.1. The number of hydrogen-bond acceptors (Lipinski definition) is 5. The van der Waals surface area contributed by atoms with Gasteiger partial charge in [0, 0.05) is 5.69 Å². The normalized spacial score (nSPS) is 10.5. The van der Waals surface area contributed by atoms with Gasteiger partial charge in [0.15, 0.2) is 6.61 Å². The number of para-hydroxylation sites is 1. The van der Waals surface area contributed by atoms with Gasteiger partial charge in [-0.3, -0.25) is 4.79 Å².